The number of nitro benzene ring substituents is 1. The molecule has 8 heteroatoms. The maximum absolute atomic E-state index is 13.0. The highest BCUT2D eigenvalue weighted by Crippen LogP contribution is 2.24. The van der Waals surface area contributed by atoms with E-state index in [1.807, 2.05) is 43.7 Å². The van der Waals surface area contributed by atoms with Crippen molar-refractivity contribution in [1.29, 1.82) is 0 Å². The number of rotatable bonds is 8. The van der Waals surface area contributed by atoms with E-state index in [1.54, 1.807) is 37.1 Å². The van der Waals surface area contributed by atoms with Crippen molar-refractivity contribution in [2.24, 2.45) is 0 Å². The van der Waals surface area contributed by atoms with Gasteiger partial charge in [-0.3, -0.25) is 19.6 Å². The van der Waals surface area contributed by atoms with Crippen molar-refractivity contribution in [2.45, 2.75) is 47.4 Å². The molecule has 0 aliphatic carbocycles. The Kier molecular flexibility index (Phi) is 6.92. The van der Waals surface area contributed by atoms with Crippen LogP contribution in [0, 0.1) is 30.9 Å². The zero-order valence-electron chi connectivity index (χ0n) is 19.1. The fraction of sp³-hybridized carbons (Fsp3) is 0.333. The third-order valence-electron chi connectivity index (χ3n) is 5.52. The minimum absolute atomic E-state index is 0.0583. The standard InChI is InChI=1S/C24H28N4O4/c1-6-27-18(4)22(17(3)25-27)14-26(5)24(29)20-9-7-8-19(13-20)15-32-21-10-11-23(28(30)31)16(2)12-21/h7-13H,6,14-15H2,1-5H3. The Hall–Kier alpha value is -3.68. The van der Waals surface area contributed by atoms with Crippen LogP contribution in [0.3, 0.4) is 0 Å². The minimum Gasteiger partial charge on any atom is -0.489 e. The highest BCUT2D eigenvalue weighted by atomic mass is 16.6. The van der Waals surface area contributed by atoms with Crippen LogP contribution in [-0.4, -0.2) is 32.6 Å². The Bertz CT molecular complexity index is 1150. The fourth-order valence-corrected chi connectivity index (χ4v) is 3.68. The third kappa shape index (κ3) is 4.96. The molecule has 0 unspecified atom stereocenters. The van der Waals surface area contributed by atoms with E-state index in [9.17, 15) is 14.9 Å². The summed E-state index contributed by atoms with van der Waals surface area (Å²) in [5.41, 5.74) is 5.08. The first kappa shape index (κ1) is 23.0. The fourth-order valence-electron chi connectivity index (χ4n) is 3.68. The second kappa shape index (κ2) is 9.64. The van der Waals surface area contributed by atoms with E-state index < -0.39 is 4.92 Å². The molecule has 1 amide bonds. The quantitative estimate of drug-likeness (QED) is 0.381. The van der Waals surface area contributed by atoms with Crippen LogP contribution in [0.1, 0.15) is 45.4 Å². The van der Waals surface area contributed by atoms with Gasteiger partial charge in [-0.2, -0.15) is 5.10 Å². The molecule has 0 spiro atoms. The van der Waals surface area contributed by atoms with E-state index >= 15 is 0 Å². The first-order valence-electron chi connectivity index (χ1n) is 10.5. The highest BCUT2D eigenvalue weighted by Gasteiger charge is 2.18. The van der Waals surface area contributed by atoms with E-state index in [0.29, 0.717) is 23.4 Å². The first-order valence-corrected chi connectivity index (χ1v) is 10.5. The van der Waals surface area contributed by atoms with E-state index in [-0.39, 0.29) is 18.2 Å². The van der Waals surface area contributed by atoms with Gasteiger partial charge < -0.3 is 9.64 Å². The van der Waals surface area contributed by atoms with Crippen LogP contribution >= 0.6 is 0 Å². The van der Waals surface area contributed by atoms with Gasteiger partial charge in [0.25, 0.3) is 11.6 Å². The second-order valence-electron chi connectivity index (χ2n) is 7.82. The van der Waals surface area contributed by atoms with E-state index in [1.165, 1.54) is 6.07 Å². The topological polar surface area (TPSA) is 90.5 Å². The molecule has 1 aromatic heterocycles. The molecule has 0 fully saturated rings. The molecule has 0 saturated heterocycles. The van der Waals surface area contributed by atoms with Crippen LogP contribution in [0.15, 0.2) is 42.5 Å². The highest BCUT2D eigenvalue weighted by molar-refractivity contribution is 5.94. The number of benzene rings is 2. The van der Waals surface area contributed by atoms with Gasteiger partial charge in [0.2, 0.25) is 0 Å². The Morgan fingerprint density at radius 2 is 1.94 bits per heavy atom. The Morgan fingerprint density at radius 1 is 1.19 bits per heavy atom. The summed E-state index contributed by atoms with van der Waals surface area (Å²) < 4.78 is 7.73. The minimum atomic E-state index is -0.416. The molecule has 0 saturated carbocycles. The molecular formula is C24H28N4O4. The SMILES string of the molecule is CCn1nc(C)c(CN(C)C(=O)c2cccc(COc3ccc([N+](=O)[O-])c(C)c3)c2)c1C. The average molecular weight is 437 g/mol. The largest absolute Gasteiger partial charge is 0.489 e. The van der Waals surface area contributed by atoms with Crippen molar-refractivity contribution in [1.82, 2.24) is 14.7 Å². The van der Waals surface area contributed by atoms with Gasteiger partial charge in [-0.1, -0.05) is 12.1 Å². The summed E-state index contributed by atoms with van der Waals surface area (Å²) in [6, 6.07) is 12.0. The molecule has 3 rings (SSSR count). The number of nitrogens with zero attached hydrogens (tertiary/aromatic N) is 4. The smallest absolute Gasteiger partial charge is 0.272 e. The van der Waals surface area contributed by atoms with E-state index in [4.69, 9.17) is 4.74 Å². The van der Waals surface area contributed by atoms with Crippen LogP contribution in [0.2, 0.25) is 0 Å². The lowest BCUT2D eigenvalue weighted by molar-refractivity contribution is -0.385. The number of hydrogen-bond donors (Lipinski definition) is 0. The average Bonchev–Trinajstić information content (AvgIpc) is 3.04. The van der Waals surface area contributed by atoms with Crippen molar-refractivity contribution in [3.8, 4) is 5.75 Å². The van der Waals surface area contributed by atoms with Gasteiger partial charge >= 0.3 is 0 Å². The predicted molar refractivity (Wildman–Crippen MR) is 122 cm³/mol. The summed E-state index contributed by atoms with van der Waals surface area (Å²) in [6.45, 7) is 9.24. The first-order chi connectivity index (χ1) is 15.2. The Balaban J connectivity index is 1.68. The van der Waals surface area contributed by atoms with Crippen LogP contribution in [0.5, 0.6) is 5.75 Å². The van der Waals surface area contributed by atoms with Gasteiger partial charge in [-0.15, -0.1) is 0 Å². The van der Waals surface area contributed by atoms with Crippen molar-refractivity contribution in [2.75, 3.05) is 7.05 Å². The zero-order valence-corrected chi connectivity index (χ0v) is 19.1. The van der Waals surface area contributed by atoms with Crippen LogP contribution in [0.4, 0.5) is 5.69 Å². The van der Waals surface area contributed by atoms with Crippen molar-refractivity contribution >= 4 is 11.6 Å². The monoisotopic (exact) mass is 436 g/mol. The normalized spacial score (nSPS) is 10.8. The summed E-state index contributed by atoms with van der Waals surface area (Å²) in [6.07, 6.45) is 0. The molecule has 0 atom stereocenters. The summed E-state index contributed by atoms with van der Waals surface area (Å²) in [7, 11) is 1.79. The van der Waals surface area contributed by atoms with Crippen molar-refractivity contribution in [3.05, 3.63) is 86.2 Å². The predicted octanol–water partition coefficient (Wildman–Crippen LogP) is 4.59. The Labute approximate surface area is 187 Å². The molecular weight excluding hydrogens is 408 g/mol. The summed E-state index contributed by atoms with van der Waals surface area (Å²) >= 11 is 0. The van der Waals surface area contributed by atoms with E-state index in [2.05, 4.69) is 5.10 Å². The van der Waals surface area contributed by atoms with Crippen molar-refractivity contribution < 1.29 is 14.5 Å². The van der Waals surface area contributed by atoms with Crippen LogP contribution in [0.25, 0.3) is 0 Å². The molecule has 8 nitrogen and oxygen atoms in total. The van der Waals surface area contributed by atoms with Gasteiger partial charge in [-0.25, -0.2) is 0 Å². The molecule has 0 aliphatic heterocycles. The molecule has 168 valence electrons. The number of aromatic nitrogens is 2. The molecule has 3 aromatic rings. The van der Waals surface area contributed by atoms with Gasteiger partial charge in [0.15, 0.2) is 0 Å². The lowest BCUT2D eigenvalue weighted by Crippen LogP contribution is -2.26. The molecule has 0 radical (unpaired) electrons. The molecule has 32 heavy (non-hydrogen) atoms. The number of aryl methyl sites for hydroxylation is 3. The molecule has 0 bridgehead atoms. The van der Waals surface area contributed by atoms with Gasteiger partial charge in [-0.05, 0) is 57.5 Å². The number of amides is 1. The van der Waals surface area contributed by atoms with Crippen molar-refractivity contribution in [3.63, 3.8) is 0 Å². The molecule has 2 aromatic carbocycles. The lowest BCUT2D eigenvalue weighted by Gasteiger charge is -2.18. The Morgan fingerprint density at radius 3 is 2.56 bits per heavy atom. The van der Waals surface area contributed by atoms with Crippen LogP contribution in [-0.2, 0) is 19.7 Å². The molecule has 0 N–H and O–H groups in total. The maximum Gasteiger partial charge on any atom is 0.272 e. The number of carbonyl (C=O) groups is 1. The summed E-state index contributed by atoms with van der Waals surface area (Å²) in [5.74, 6) is 0.460. The van der Waals surface area contributed by atoms with Gasteiger partial charge in [0.05, 0.1) is 10.6 Å². The zero-order chi connectivity index (χ0) is 23.4. The summed E-state index contributed by atoms with van der Waals surface area (Å²) in [5, 5.41) is 15.5. The number of nitro groups is 1. The maximum atomic E-state index is 13.0. The second-order valence-corrected chi connectivity index (χ2v) is 7.82. The molecule has 0 aliphatic rings. The molecule has 1 heterocycles. The van der Waals surface area contributed by atoms with E-state index in [0.717, 1.165) is 29.1 Å². The summed E-state index contributed by atoms with van der Waals surface area (Å²) in [4.78, 5) is 25.3. The lowest BCUT2D eigenvalue weighted by atomic mass is 10.1. The third-order valence-corrected chi connectivity index (χ3v) is 5.52. The van der Waals surface area contributed by atoms with Crippen LogP contribution < -0.4 is 4.74 Å². The number of ether oxygens (including phenoxy) is 1. The number of carbonyl (C=O) groups excluding carboxylic acids is 1. The number of hydrogen-bond acceptors (Lipinski definition) is 5. The van der Waals surface area contributed by atoms with Gasteiger partial charge in [0.1, 0.15) is 12.4 Å². The van der Waals surface area contributed by atoms with Gasteiger partial charge in [0, 0.05) is 48.6 Å².